The van der Waals surface area contributed by atoms with Crippen LogP contribution in [0.15, 0.2) is 30.3 Å². The van der Waals surface area contributed by atoms with E-state index in [0.29, 0.717) is 6.61 Å². The summed E-state index contributed by atoms with van der Waals surface area (Å²) in [6.45, 7) is 11.9. The molecule has 4 rings (SSSR count). The summed E-state index contributed by atoms with van der Waals surface area (Å²) in [4.78, 5) is 2.48. The molecule has 0 spiro atoms. The van der Waals surface area contributed by atoms with Gasteiger partial charge in [0.05, 0.1) is 13.2 Å². The summed E-state index contributed by atoms with van der Waals surface area (Å²) in [5.74, 6) is 2.12. The first-order valence-electron chi connectivity index (χ1n) is 10.4. The Morgan fingerprint density at radius 2 is 1.72 bits per heavy atom. The third-order valence-corrected chi connectivity index (χ3v) is 6.12. The van der Waals surface area contributed by atoms with Crippen molar-refractivity contribution in [3.8, 4) is 11.5 Å². The average Bonchev–Trinajstić information content (AvgIpc) is 3.17. The summed E-state index contributed by atoms with van der Waals surface area (Å²) in [5.41, 5.74) is 6.18. The lowest BCUT2D eigenvalue weighted by Gasteiger charge is -2.27. The summed E-state index contributed by atoms with van der Waals surface area (Å²) in [6.07, 6.45) is 2.31. The fourth-order valence-corrected chi connectivity index (χ4v) is 4.26. The number of morpholine rings is 1. The van der Waals surface area contributed by atoms with Crippen molar-refractivity contribution in [1.29, 1.82) is 0 Å². The van der Waals surface area contributed by atoms with Gasteiger partial charge in [0, 0.05) is 31.6 Å². The van der Waals surface area contributed by atoms with E-state index in [4.69, 9.17) is 14.2 Å². The van der Waals surface area contributed by atoms with Gasteiger partial charge in [-0.3, -0.25) is 4.90 Å². The van der Waals surface area contributed by atoms with Crippen molar-refractivity contribution >= 4 is 12.4 Å². The molecule has 2 aromatic carbocycles. The summed E-state index contributed by atoms with van der Waals surface area (Å²) >= 11 is 0. The predicted molar refractivity (Wildman–Crippen MR) is 119 cm³/mol. The molecular weight excluding hydrogens is 386 g/mol. The Kier molecular flexibility index (Phi) is 7.44. The van der Waals surface area contributed by atoms with Gasteiger partial charge in [-0.2, -0.15) is 0 Å². The lowest BCUT2D eigenvalue weighted by atomic mass is 9.95. The predicted octanol–water partition coefficient (Wildman–Crippen LogP) is 4.64. The van der Waals surface area contributed by atoms with Crippen LogP contribution in [0.3, 0.4) is 0 Å². The van der Waals surface area contributed by atoms with Crippen LogP contribution in [0.4, 0.5) is 0 Å². The standard InChI is InChI=1S/C24H31NO3.ClH/c1-17-18(2)24-22(15-21(28-24)9-10-25-11-13-26-14-12-25)19(3)23(17)27-16-20-7-5-4-6-8-20;/h4-8,21H,9-16H2,1-3H3;1H. The SMILES string of the molecule is Cc1c(C)c2c(c(C)c1OCc1ccccc1)CC(CCN1CCOCC1)O2.Cl. The minimum Gasteiger partial charge on any atom is -0.489 e. The van der Waals surface area contributed by atoms with Crippen LogP contribution >= 0.6 is 12.4 Å². The Morgan fingerprint density at radius 3 is 2.45 bits per heavy atom. The number of halogens is 1. The van der Waals surface area contributed by atoms with Crippen LogP contribution in [0.1, 0.15) is 34.2 Å². The molecule has 4 nitrogen and oxygen atoms in total. The fraction of sp³-hybridized carbons (Fsp3) is 0.500. The molecule has 0 bridgehead atoms. The van der Waals surface area contributed by atoms with Gasteiger partial charge in [0.15, 0.2) is 0 Å². The molecule has 158 valence electrons. The second-order valence-corrected chi connectivity index (χ2v) is 7.97. The number of nitrogens with zero attached hydrogens (tertiary/aromatic N) is 1. The van der Waals surface area contributed by atoms with Gasteiger partial charge in [0.1, 0.15) is 24.2 Å². The molecule has 0 saturated carbocycles. The van der Waals surface area contributed by atoms with E-state index in [9.17, 15) is 0 Å². The maximum atomic E-state index is 6.39. The molecule has 1 saturated heterocycles. The van der Waals surface area contributed by atoms with Gasteiger partial charge in [0.25, 0.3) is 0 Å². The highest BCUT2D eigenvalue weighted by atomic mass is 35.5. The summed E-state index contributed by atoms with van der Waals surface area (Å²) in [6, 6.07) is 10.4. The number of benzene rings is 2. The van der Waals surface area contributed by atoms with Gasteiger partial charge < -0.3 is 14.2 Å². The number of hydrogen-bond acceptors (Lipinski definition) is 4. The molecule has 1 fully saturated rings. The molecule has 5 heteroatoms. The molecule has 0 amide bonds. The van der Waals surface area contributed by atoms with Gasteiger partial charge in [-0.1, -0.05) is 30.3 Å². The average molecular weight is 418 g/mol. The minimum atomic E-state index is 0. The van der Waals surface area contributed by atoms with Crippen LogP contribution in [0, 0.1) is 20.8 Å². The highest BCUT2D eigenvalue weighted by Gasteiger charge is 2.30. The Balaban J connectivity index is 0.00000240. The van der Waals surface area contributed by atoms with E-state index in [2.05, 4.69) is 49.9 Å². The second-order valence-electron chi connectivity index (χ2n) is 7.97. The van der Waals surface area contributed by atoms with Crippen LogP contribution in [-0.2, 0) is 17.8 Å². The third-order valence-electron chi connectivity index (χ3n) is 6.12. The van der Waals surface area contributed by atoms with Crippen molar-refractivity contribution in [2.24, 2.45) is 0 Å². The maximum Gasteiger partial charge on any atom is 0.126 e. The molecule has 29 heavy (non-hydrogen) atoms. The number of hydrogen-bond donors (Lipinski definition) is 0. The van der Waals surface area contributed by atoms with E-state index in [1.807, 2.05) is 6.07 Å². The first-order chi connectivity index (χ1) is 13.6. The Labute approximate surface area is 180 Å². The maximum absolute atomic E-state index is 6.39. The van der Waals surface area contributed by atoms with Crippen LogP contribution in [0.25, 0.3) is 0 Å². The molecule has 0 radical (unpaired) electrons. The number of rotatable bonds is 6. The molecule has 0 aliphatic carbocycles. The summed E-state index contributed by atoms with van der Waals surface area (Å²) in [7, 11) is 0. The van der Waals surface area contributed by atoms with Gasteiger partial charge >= 0.3 is 0 Å². The van der Waals surface area contributed by atoms with E-state index in [1.54, 1.807) is 0 Å². The minimum absolute atomic E-state index is 0. The van der Waals surface area contributed by atoms with Crippen LogP contribution in [0.2, 0.25) is 0 Å². The second kappa shape index (κ2) is 9.84. The molecule has 2 aromatic rings. The number of fused-ring (bicyclic) bond motifs is 1. The van der Waals surface area contributed by atoms with E-state index in [0.717, 1.165) is 57.2 Å². The Hall–Kier alpha value is -1.75. The Morgan fingerprint density at radius 1 is 1.00 bits per heavy atom. The summed E-state index contributed by atoms with van der Waals surface area (Å²) in [5, 5.41) is 0. The molecular formula is C24H32ClNO3. The number of ether oxygens (including phenoxy) is 3. The molecule has 1 unspecified atom stereocenters. The highest BCUT2D eigenvalue weighted by molar-refractivity contribution is 5.85. The first kappa shape index (κ1) is 21.9. The lowest BCUT2D eigenvalue weighted by molar-refractivity contribution is 0.0328. The molecule has 0 aromatic heterocycles. The molecule has 0 N–H and O–H groups in total. The van der Waals surface area contributed by atoms with Crippen LogP contribution in [0.5, 0.6) is 11.5 Å². The van der Waals surface area contributed by atoms with Crippen LogP contribution < -0.4 is 9.47 Å². The van der Waals surface area contributed by atoms with Gasteiger partial charge in [-0.05, 0) is 49.4 Å². The normalized spacial score (nSPS) is 18.7. The van der Waals surface area contributed by atoms with Crippen molar-refractivity contribution in [3.63, 3.8) is 0 Å². The molecule has 1 atom stereocenters. The topological polar surface area (TPSA) is 30.9 Å². The highest BCUT2D eigenvalue weighted by Crippen LogP contribution is 2.43. The lowest BCUT2D eigenvalue weighted by Crippen LogP contribution is -2.38. The van der Waals surface area contributed by atoms with Gasteiger partial charge in [-0.15, -0.1) is 12.4 Å². The quantitative estimate of drug-likeness (QED) is 0.685. The largest absolute Gasteiger partial charge is 0.489 e. The zero-order chi connectivity index (χ0) is 19.5. The van der Waals surface area contributed by atoms with E-state index in [1.165, 1.54) is 27.8 Å². The smallest absolute Gasteiger partial charge is 0.126 e. The van der Waals surface area contributed by atoms with E-state index in [-0.39, 0.29) is 18.5 Å². The molecule has 2 aliphatic rings. The third kappa shape index (κ3) is 4.88. The van der Waals surface area contributed by atoms with Crippen LogP contribution in [-0.4, -0.2) is 43.9 Å². The Bertz CT molecular complexity index is 819. The first-order valence-corrected chi connectivity index (χ1v) is 10.4. The monoisotopic (exact) mass is 417 g/mol. The van der Waals surface area contributed by atoms with Crippen molar-refractivity contribution in [1.82, 2.24) is 4.90 Å². The van der Waals surface area contributed by atoms with E-state index >= 15 is 0 Å². The van der Waals surface area contributed by atoms with Crippen molar-refractivity contribution in [2.75, 3.05) is 32.8 Å². The van der Waals surface area contributed by atoms with Crippen molar-refractivity contribution in [3.05, 3.63) is 58.1 Å². The zero-order valence-corrected chi connectivity index (χ0v) is 18.5. The molecule has 2 heterocycles. The van der Waals surface area contributed by atoms with Gasteiger partial charge in [0.2, 0.25) is 0 Å². The fourth-order valence-electron chi connectivity index (χ4n) is 4.26. The van der Waals surface area contributed by atoms with Crippen molar-refractivity contribution < 1.29 is 14.2 Å². The molecule has 2 aliphatic heterocycles. The zero-order valence-electron chi connectivity index (χ0n) is 17.7. The van der Waals surface area contributed by atoms with Gasteiger partial charge in [-0.25, -0.2) is 0 Å². The van der Waals surface area contributed by atoms with E-state index < -0.39 is 0 Å². The van der Waals surface area contributed by atoms with Crippen molar-refractivity contribution in [2.45, 2.75) is 46.3 Å². The summed E-state index contributed by atoms with van der Waals surface area (Å²) < 4.78 is 18.1.